The largest absolute Gasteiger partial charge is 0.495 e. The van der Waals surface area contributed by atoms with Crippen LogP contribution < -0.4 is 15.4 Å². The average molecular weight is 277 g/mol. The number of anilines is 1. The summed E-state index contributed by atoms with van der Waals surface area (Å²) in [6.45, 7) is 6.39. The van der Waals surface area contributed by atoms with Gasteiger partial charge >= 0.3 is 0 Å². The van der Waals surface area contributed by atoms with Crippen LogP contribution in [-0.2, 0) is 0 Å². The Morgan fingerprint density at radius 1 is 1.20 bits per heavy atom. The number of hydrogen-bond donors (Lipinski definition) is 1. The maximum atomic E-state index is 5.68. The van der Waals surface area contributed by atoms with Gasteiger partial charge in [0, 0.05) is 19.6 Å². The average Bonchev–Trinajstić information content (AvgIpc) is 3.01. The van der Waals surface area contributed by atoms with Crippen molar-refractivity contribution in [3.8, 4) is 5.75 Å². The Kier molecular flexibility index (Phi) is 6.15. The zero-order valence-electron chi connectivity index (χ0n) is 12.6. The van der Waals surface area contributed by atoms with Crippen LogP contribution in [0, 0.1) is 0 Å². The van der Waals surface area contributed by atoms with Gasteiger partial charge in [-0.2, -0.15) is 0 Å². The predicted molar refractivity (Wildman–Crippen MR) is 84.6 cm³/mol. The second-order valence-electron chi connectivity index (χ2n) is 5.35. The summed E-state index contributed by atoms with van der Waals surface area (Å²) in [4.78, 5) is 4.95. The first-order valence-electron chi connectivity index (χ1n) is 7.65. The Balaban J connectivity index is 2.01. The second kappa shape index (κ2) is 8.12. The van der Waals surface area contributed by atoms with E-state index in [0.29, 0.717) is 0 Å². The lowest BCUT2D eigenvalue weighted by Gasteiger charge is -2.28. The van der Waals surface area contributed by atoms with Gasteiger partial charge in [0.15, 0.2) is 0 Å². The highest BCUT2D eigenvalue weighted by Gasteiger charge is 2.15. The van der Waals surface area contributed by atoms with Gasteiger partial charge in [0.25, 0.3) is 0 Å². The van der Waals surface area contributed by atoms with E-state index in [9.17, 15) is 0 Å². The van der Waals surface area contributed by atoms with Crippen molar-refractivity contribution in [2.45, 2.75) is 19.3 Å². The van der Waals surface area contributed by atoms with Crippen LogP contribution in [0.1, 0.15) is 19.3 Å². The molecule has 2 N–H and O–H groups in total. The number of likely N-dealkylation sites (tertiary alicyclic amines) is 1. The van der Waals surface area contributed by atoms with Gasteiger partial charge in [-0.25, -0.2) is 0 Å². The summed E-state index contributed by atoms with van der Waals surface area (Å²) in [7, 11) is 1.74. The third-order valence-corrected chi connectivity index (χ3v) is 3.94. The maximum absolute atomic E-state index is 5.68. The highest BCUT2D eigenvalue weighted by Crippen LogP contribution is 2.27. The van der Waals surface area contributed by atoms with Crippen molar-refractivity contribution in [2.75, 3.05) is 51.3 Å². The Bertz CT molecular complexity index is 391. The van der Waals surface area contributed by atoms with Crippen LogP contribution in [-0.4, -0.2) is 51.3 Å². The standard InChI is InChI=1S/C16H27N3O/c1-20-16-8-3-2-7-15(16)19(12-6-9-17)14-13-18-10-4-5-11-18/h2-3,7-8H,4-6,9-14,17H2,1H3. The van der Waals surface area contributed by atoms with Gasteiger partial charge in [0.2, 0.25) is 0 Å². The summed E-state index contributed by atoms with van der Waals surface area (Å²) in [5, 5.41) is 0. The zero-order chi connectivity index (χ0) is 14.2. The van der Waals surface area contributed by atoms with Crippen molar-refractivity contribution < 1.29 is 4.74 Å². The van der Waals surface area contributed by atoms with E-state index in [4.69, 9.17) is 10.5 Å². The molecular formula is C16H27N3O. The van der Waals surface area contributed by atoms with E-state index in [2.05, 4.69) is 21.9 Å². The molecule has 1 aliphatic rings. The van der Waals surface area contributed by atoms with E-state index in [1.807, 2.05) is 12.1 Å². The lowest BCUT2D eigenvalue weighted by atomic mass is 10.2. The van der Waals surface area contributed by atoms with Crippen molar-refractivity contribution >= 4 is 5.69 Å². The van der Waals surface area contributed by atoms with Gasteiger partial charge in [-0.1, -0.05) is 12.1 Å². The SMILES string of the molecule is COc1ccccc1N(CCCN)CCN1CCCC1. The molecule has 0 atom stereocenters. The van der Waals surface area contributed by atoms with Crippen LogP contribution in [0.5, 0.6) is 5.75 Å². The molecule has 2 rings (SSSR count). The molecule has 1 heterocycles. The number of benzene rings is 1. The minimum atomic E-state index is 0.732. The van der Waals surface area contributed by atoms with Gasteiger partial charge < -0.3 is 20.3 Å². The fourth-order valence-electron chi connectivity index (χ4n) is 2.79. The number of para-hydroxylation sites is 2. The van der Waals surface area contributed by atoms with E-state index in [-0.39, 0.29) is 0 Å². The van der Waals surface area contributed by atoms with Gasteiger partial charge in [-0.15, -0.1) is 0 Å². The summed E-state index contributed by atoms with van der Waals surface area (Å²) >= 11 is 0. The summed E-state index contributed by atoms with van der Waals surface area (Å²) < 4.78 is 5.49. The van der Waals surface area contributed by atoms with Crippen molar-refractivity contribution in [2.24, 2.45) is 5.73 Å². The summed E-state index contributed by atoms with van der Waals surface area (Å²) in [5.41, 5.74) is 6.86. The molecule has 20 heavy (non-hydrogen) atoms. The quantitative estimate of drug-likeness (QED) is 0.788. The van der Waals surface area contributed by atoms with Crippen molar-refractivity contribution in [1.82, 2.24) is 4.90 Å². The Morgan fingerprint density at radius 3 is 2.65 bits per heavy atom. The lowest BCUT2D eigenvalue weighted by molar-refractivity contribution is 0.343. The van der Waals surface area contributed by atoms with Crippen molar-refractivity contribution in [3.63, 3.8) is 0 Å². The molecule has 0 aromatic heterocycles. The molecule has 1 aromatic carbocycles. The maximum Gasteiger partial charge on any atom is 0.142 e. The molecule has 0 aliphatic carbocycles. The predicted octanol–water partition coefficient (Wildman–Crippen LogP) is 1.95. The summed E-state index contributed by atoms with van der Waals surface area (Å²) in [6, 6.07) is 8.26. The first-order chi connectivity index (χ1) is 9.85. The fraction of sp³-hybridized carbons (Fsp3) is 0.625. The summed E-state index contributed by atoms with van der Waals surface area (Å²) in [6.07, 6.45) is 3.70. The number of ether oxygens (including phenoxy) is 1. The van der Waals surface area contributed by atoms with Crippen LogP contribution in [0.2, 0.25) is 0 Å². The molecule has 0 amide bonds. The van der Waals surface area contributed by atoms with Gasteiger partial charge in [0.1, 0.15) is 5.75 Å². The van der Waals surface area contributed by atoms with Crippen molar-refractivity contribution in [3.05, 3.63) is 24.3 Å². The van der Waals surface area contributed by atoms with E-state index < -0.39 is 0 Å². The molecule has 1 aliphatic heterocycles. The van der Waals surface area contributed by atoms with E-state index in [1.54, 1.807) is 7.11 Å². The molecule has 0 unspecified atom stereocenters. The number of nitrogens with zero attached hydrogens (tertiary/aromatic N) is 2. The third kappa shape index (κ3) is 4.12. The number of methoxy groups -OCH3 is 1. The first kappa shape index (κ1) is 15.1. The molecule has 0 bridgehead atoms. The molecule has 4 heteroatoms. The minimum Gasteiger partial charge on any atom is -0.495 e. The third-order valence-electron chi connectivity index (χ3n) is 3.94. The van der Waals surface area contributed by atoms with Crippen LogP contribution in [0.4, 0.5) is 5.69 Å². The van der Waals surface area contributed by atoms with Crippen molar-refractivity contribution in [1.29, 1.82) is 0 Å². The monoisotopic (exact) mass is 277 g/mol. The van der Waals surface area contributed by atoms with E-state index in [1.165, 1.54) is 31.6 Å². The molecule has 0 radical (unpaired) electrons. The van der Waals surface area contributed by atoms with Gasteiger partial charge in [-0.3, -0.25) is 0 Å². The van der Waals surface area contributed by atoms with Crippen LogP contribution in [0.25, 0.3) is 0 Å². The Hall–Kier alpha value is -1.26. The summed E-state index contributed by atoms with van der Waals surface area (Å²) in [5.74, 6) is 0.950. The number of hydrogen-bond acceptors (Lipinski definition) is 4. The molecular weight excluding hydrogens is 250 g/mol. The second-order valence-corrected chi connectivity index (χ2v) is 5.35. The molecule has 1 fully saturated rings. The topological polar surface area (TPSA) is 41.7 Å². The van der Waals surface area contributed by atoms with Gasteiger partial charge in [-0.05, 0) is 51.0 Å². The van der Waals surface area contributed by atoms with Crippen LogP contribution in [0.3, 0.4) is 0 Å². The Labute approximate surface area is 122 Å². The van der Waals surface area contributed by atoms with Crippen LogP contribution in [0.15, 0.2) is 24.3 Å². The van der Waals surface area contributed by atoms with E-state index in [0.717, 1.165) is 38.3 Å². The van der Waals surface area contributed by atoms with E-state index >= 15 is 0 Å². The number of nitrogens with two attached hydrogens (primary N) is 1. The molecule has 1 saturated heterocycles. The lowest BCUT2D eigenvalue weighted by Crippen LogP contribution is -2.35. The number of rotatable bonds is 8. The molecule has 0 spiro atoms. The molecule has 112 valence electrons. The molecule has 4 nitrogen and oxygen atoms in total. The fourth-order valence-corrected chi connectivity index (χ4v) is 2.79. The highest BCUT2D eigenvalue weighted by molar-refractivity contribution is 5.58. The Morgan fingerprint density at radius 2 is 1.95 bits per heavy atom. The zero-order valence-corrected chi connectivity index (χ0v) is 12.6. The van der Waals surface area contributed by atoms with Crippen LogP contribution >= 0.6 is 0 Å². The smallest absolute Gasteiger partial charge is 0.142 e. The first-order valence-corrected chi connectivity index (χ1v) is 7.65. The normalized spacial score (nSPS) is 15.5. The molecule has 0 saturated carbocycles. The molecule has 1 aromatic rings. The van der Waals surface area contributed by atoms with Gasteiger partial charge in [0.05, 0.1) is 12.8 Å². The highest BCUT2D eigenvalue weighted by atomic mass is 16.5. The minimum absolute atomic E-state index is 0.732.